The number of amides is 1. The summed E-state index contributed by atoms with van der Waals surface area (Å²) in [4.78, 5) is 12.3. The fourth-order valence-corrected chi connectivity index (χ4v) is 4.05. The van der Waals surface area contributed by atoms with Crippen LogP contribution in [0.25, 0.3) is 10.9 Å². The van der Waals surface area contributed by atoms with Crippen LogP contribution in [0.15, 0.2) is 24.4 Å². The van der Waals surface area contributed by atoms with Gasteiger partial charge in [0, 0.05) is 17.5 Å². The molecule has 5 heteroatoms. The maximum absolute atomic E-state index is 12.3. The molecule has 1 amide bonds. The minimum Gasteiger partial charge on any atom is -0.388 e. The first-order valence-corrected chi connectivity index (χ1v) is 7.58. The van der Waals surface area contributed by atoms with Crippen LogP contribution >= 0.6 is 0 Å². The molecule has 0 unspecified atom stereocenters. The lowest BCUT2D eigenvalue weighted by Crippen LogP contribution is -2.46. The van der Waals surface area contributed by atoms with Crippen LogP contribution in [0.2, 0.25) is 0 Å². The summed E-state index contributed by atoms with van der Waals surface area (Å²) >= 11 is 0. The predicted molar refractivity (Wildman–Crippen MR) is 78.8 cm³/mol. The molecule has 0 radical (unpaired) electrons. The average molecular weight is 285 g/mol. The molecule has 3 N–H and O–H groups in total. The molecule has 1 aromatic heterocycles. The number of nitrogens with one attached hydrogen (secondary N) is 2. The highest BCUT2D eigenvalue weighted by Gasteiger charge is 2.49. The molecule has 110 valence electrons. The summed E-state index contributed by atoms with van der Waals surface area (Å²) in [5.74, 6) is 0.874. The van der Waals surface area contributed by atoms with Gasteiger partial charge in [0.25, 0.3) is 5.91 Å². The van der Waals surface area contributed by atoms with Gasteiger partial charge in [-0.2, -0.15) is 5.10 Å². The molecule has 5 nitrogen and oxygen atoms in total. The smallest absolute Gasteiger partial charge is 0.251 e. The molecule has 2 bridgehead atoms. The quantitative estimate of drug-likeness (QED) is 0.805. The third kappa shape index (κ3) is 2.12. The fourth-order valence-electron chi connectivity index (χ4n) is 4.05. The zero-order valence-corrected chi connectivity index (χ0v) is 11.8. The van der Waals surface area contributed by atoms with E-state index >= 15 is 0 Å². The molecule has 2 aliphatic carbocycles. The number of aliphatic hydroxyl groups is 1. The Labute approximate surface area is 122 Å². The fraction of sp³-hybridized carbons (Fsp3) is 0.500. The van der Waals surface area contributed by atoms with Gasteiger partial charge in [0.2, 0.25) is 0 Å². The Balaban J connectivity index is 1.46. The summed E-state index contributed by atoms with van der Waals surface area (Å²) in [5.41, 5.74) is 0.746. The predicted octanol–water partition coefficient (Wildman–Crippen LogP) is 1.84. The Morgan fingerprint density at radius 3 is 3.14 bits per heavy atom. The van der Waals surface area contributed by atoms with Gasteiger partial charge in [0.05, 0.1) is 17.3 Å². The van der Waals surface area contributed by atoms with Crippen molar-refractivity contribution < 1.29 is 9.90 Å². The van der Waals surface area contributed by atoms with Crippen LogP contribution in [-0.4, -0.2) is 33.4 Å². The summed E-state index contributed by atoms with van der Waals surface area (Å²) in [6, 6.07) is 5.46. The van der Waals surface area contributed by atoms with Gasteiger partial charge in [-0.25, -0.2) is 0 Å². The van der Waals surface area contributed by atoms with Crippen molar-refractivity contribution in [1.29, 1.82) is 0 Å². The van der Waals surface area contributed by atoms with E-state index in [1.54, 1.807) is 18.3 Å². The summed E-state index contributed by atoms with van der Waals surface area (Å²) in [7, 11) is 0. The summed E-state index contributed by atoms with van der Waals surface area (Å²) < 4.78 is 0. The third-order valence-corrected chi connectivity index (χ3v) is 5.20. The average Bonchev–Trinajstić information content (AvgIpc) is 3.18. The van der Waals surface area contributed by atoms with Crippen LogP contribution in [-0.2, 0) is 0 Å². The number of aromatic amines is 1. The van der Waals surface area contributed by atoms with Crippen LogP contribution in [0.3, 0.4) is 0 Å². The van der Waals surface area contributed by atoms with Crippen LogP contribution < -0.4 is 5.32 Å². The Kier molecular flexibility index (Phi) is 2.79. The van der Waals surface area contributed by atoms with E-state index in [9.17, 15) is 9.90 Å². The normalized spacial score (nSPS) is 30.9. The highest BCUT2D eigenvalue weighted by molar-refractivity contribution is 5.97. The van der Waals surface area contributed by atoms with Crippen LogP contribution in [0.1, 0.15) is 36.0 Å². The van der Waals surface area contributed by atoms with Crippen molar-refractivity contribution in [1.82, 2.24) is 15.5 Å². The van der Waals surface area contributed by atoms with Crippen molar-refractivity contribution >= 4 is 16.8 Å². The van der Waals surface area contributed by atoms with Crippen molar-refractivity contribution in [2.45, 2.75) is 31.3 Å². The molecule has 0 aliphatic heterocycles. The second-order valence-corrected chi connectivity index (χ2v) is 6.54. The van der Waals surface area contributed by atoms with E-state index in [0.717, 1.165) is 30.2 Å². The molecule has 1 heterocycles. The number of hydrogen-bond donors (Lipinski definition) is 3. The van der Waals surface area contributed by atoms with E-state index in [-0.39, 0.29) is 5.91 Å². The summed E-state index contributed by atoms with van der Waals surface area (Å²) in [6.45, 7) is 0.355. The van der Waals surface area contributed by atoms with Gasteiger partial charge >= 0.3 is 0 Å². The molecule has 0 saturated heterocycles. The zero-order valence-electron chi connectivity index (χ0n) is 11.8. The first-order valence-electron chi connectivity index (χ1n) is 7.58. The number of benzene rings is 1. The molecule has 21 heavy (non-hydrogen) atoms. The number of aromatic nitrogens is 2. The van der Waals surface area contributed by atoms with Crippen LogP contribution in [0.4, 0.5) is 0 Å². The van der Waals surface area contributed by atoms with Crippen molar-refractivity contribution in [2.75, 3.05) is 6.54 Å². The van der Waals surface area contributed by atoms with Crippen molar-refractivity contribution in [3.8, 4) is 0 Å². The molecule has 4 rings (SSSR count). The zero-order chi connectivity index (χ0) is 14.4. The maximum Gasteiger partial charge on any atom is 0.251 e. The highest BCUT2D eigenvalue weighted by atomic mass is 16.3. The van der Waals surface area contributed by atoms with Crippen molar-refractivity contribution in [2.24, 2.45) is 11.8 Å². The molecule has 2 fully saturated rings. The first-order chi connectivity index (χ1) is 10.1. The molecule has 2 saturated carbocycles. The number of nitrogens with zero attached hydrogens (tertiary/aromatic N) is 1. The number of hydrogen-bond acceptors (Lipinski definition) is 3. The second-order valence-electron chi connectivity index (χ2n) is 6.54. The van der Waals surface area contributed by atoms with Gasteiger partial charge in [0.15, 0.2) is 0 Å². The van der Waals surface area contributed by atoms with Crippen molar-refractivity contribution in [3.05, 3.63) is 30.0 Å². The summed E-state index contributed by atoms with van der Waals surface area (Å²) in [6.07, 6.45) is 6.01. The Morgan fingerprint density at radius 1 is 1.48 bits per heavy atom. The standard InChI is InChI=1S/C16H19N3O2/c20-15(11-2-3-12-8-18-19-14(12)6-11)17-9-16(21)7-10-1-4-13(16)5-10/h2-3,6,8,10,13,21H,1,4-5,7,9H2,(H,17,20)(H,18,19)/t10-,13+,16-/m1/s1. The van der Waals surface area contributed by atoms with E-state index in [1.807, 2.05) is 6.07 Å². The van der Waals surface area contributed by atoms with E-state index in [1.165, 1.54) is 6.42 Å². The minimum absolute atomic E-state index is 0.136. The van der Waals surface area contributed by atoms with Crippen molar-refractivity contribution in [3.63, 3.8) is 0 Å². The monoisotopic (exact) mass is 285 g/mol. The lowest BCUT2D eigenvalue weighted by atomic mass is 9.84. The van der Waals surface area contributed by atoms with Crippen LogP contribution in [0.5, 0.6) is 0 Å². The lowest BCUT2D eigenvalue weighted by Gasteiger charge is -2.32. The SMILES string of the molecule is O=C(NC[C@]1(O)C[C@@H]2CC[C@H]1C2)c1ccc2cn[nH]c2c1. The van der Waals surface area contributed by atoms with Gasteiger partial charge < -0.3 is 10.4 Å². The van der Waals surface area contributed by atoms with E-state index < -0.39 is 5.60 Å². The molecular weight excluding hydrogens is 266 g/mol. The molecule has 2 aliphatic rings. The minimum atomic E-state index is -0.698. The Hall–Kier alpha value is -1.88. The summed E-state index contributed by atoms with van der Waals surface area (Å²) in [5, 5.41) is 21.4. The van der Waals surface area contributed by atoms with Gasteiger partial charge in [-0.15, -0.1) is 0 Å². The molecule has 0 spiro atoms. The largest absolute Gasteiger partial charge is 0.388 e. The van der Waals surface area contributed by atoms with Crippen LogP contribution in [0, 0.1) is 11.8 Å². The van der Waals surface area contributed by atoms with Gasteiger partial charge in [-0.05, 0) is 49.7 Å². The number of H-pyrrole nitrogens is 1. The first kappa shape index (κ1) is 12.8. The topological polar surface area (TPSA) is 78.0 Å². The lowest BCUT2D eigenvalue weighted by molar-refractivity contribution is -0.0109. The molecular formula is C16H19N3O2. The Bertz CT molecular complexity index is 696. The number of fused-ring (bicyclic) bond motifs is 3. The number of carbonyl (C=O) groups is 1. The Morgan fingerprint density at radius 2 is 2.38 bits per heavy atom. The molecule has 2 aromatic rings. The van der Waals surface area contributed by atoms with E-state index in [4.69, 9.17) is 0 Å². The molecule has 3 atom stereocenters. The number of carbonyl (C=O) groups excluding carboxylic acids is 1. The third-order valence-electron chi connectivity index (χ3n) is 5.20. The number of rotatable bonds is 3. The van der Waals surface area contributed by atoms with E-state index in [0.29, 0.717) is 23.9 Å². The maximum atomic E-state index is 12.3. The van der Waals surface area contributed by atoms with Gasteiger partial charge in [-0.1, -0.05) is 6.07 Å². The molecule has 1 aromatic carbocycles. The second kappa shape index (κ2) is 4.56. The highest BCUT2D eigenvalue weighted by Crippen LogP contribution is 2.50. The van der Waals surface area contributed by atoms with Gasteiger partial charge in [0.1, 0.15) is 0 Å². The van der Waals surface area contributed by atoms with Gasteiger partial charge in [-0.3, -0.25) is 9.89 Å². The van der Waals surface area contributed by atoms with E-state index in [2.05, 4.69) is 15.5 Å².